The van der Waals surface area contributed by atoms with E-state index in [1.54, 1.807) is 12.1 Å². The van der Waals surface area contributed by atoms with E-state index in [0.29, 0.717) is 16.3 Å². The minimum absolute atomic E-state index is 0.395. The van der Waals surface area contributed by atoms with Crippen molar-refractivity contribution in [2.24, 2.45) is 0 Å². The van der Waals surface area contributed by atoms with Crippen molar-refractivity contribution in [3.8, 4) is 0 Å². The second-order valence-electron chi connectivity index (χ2n) is 6.36. The van der Waals surface area contributed by atoms with Gasteiger partial charge in [0, 0.05) is 11.3 Å². The number of thiol groups is 1. The summed E-state index contributed by atoms with van der Waals surface area (Å²) >= 11 is 10.3. The highest BCUT2D eigenvalue weighted by molar-refractivity contribution is 7.80. The lowest BCUT2D eigenvalue weighted by Gasteiger charge is -2.32. The molecule has 2 rings (SSSR count). The summed E-state index contributed by atoms with van der Waals surface area (Å²) < 4.78 is 12.1. The van der Waals surface area contributed by atoms with Crippen molar-refractivity contribution in [3.63, 3.8) is 0 Å². The number of rotatable bonds is 4. The van der Waals surface area contributed by atoms with Crippen LogP contribution in [0.1, 0.15) is 43.6 Å². The smallest absolute Gasteiger partial charge is 0.400 e. The molecule has 0 aromatic heterocycles. The van der Waals surface area contributed by atoms with Crippen LogP contribution in [0.2, 0.25) is 5.02 Å². The molecule has 1 aliphatic rings. The van der Waals surface area contributed by atoms with Crippen molar-refractivity contribution in [3.05, 3.63) is 39.8 Å². The number of aldehydes is 1. The largest absolute Gasteiger partial charge is 0.491 e. The van der Waals surface area contributed by atoms with Crippen LogP contribution in [0.25, 0.3) is 6.08 Å². The van der Waals surface area contributed by atoms with E-state index < -0.39 is 18.3 Å². The first-order valence-electron chi connectivity index (χ1n) is 7.12. The summed E-state index contributed by atoms with van der Waals surface area (Å²) in [5.74, 6) is 0.496. The Bertz CT molecular complexity index is 597. The highest BCUT2D eigenvalue weighted by Gasteiger charge is 2.52. The van der Waals surface area contributed by atoms with Crippen LogP contribution in [0.5, 0.6) is 0 Å². The topological polar surface area (TPSA) is 35.5 Å². The second-order valence-corrected chi connectivity index (χ2v) is 7.09. The third-order valence-electron chi connectivity index (χ3n) is 4.24. The van der Waals surface area contributed by atoms with Crippen molar-refractivity contribution in [2.45, 2.75) is 38.9 Å². The van der Waals surface area contributed by atoms with Gasteiger partial charge in [0.2, 0.25) is 0 Å². The molecule has 1 fully saturated rings. The quantitative estimate of drug-likeness (QED) is 0.510. The molecule has 1 aromatic rings. The molecule has 0 aliphatic carbocycles. The number of benzene rings is 1. The summed E-state index contributed by atoms with van der Waals surface area (Å²) in [6.45, 7) is 8.04. The molecule has 0 N–H and O–H groups in total. The SMILES string of the molecule is CC1(C)OB(C(=Cc2ccc(Cl)c(C=O)c2)CS)OC1(C)C. The van der Waals surface area contributed by atoms with E-state index in [0.717, 1.165) is 17.3 Å². The van der Waals surface area contributed by atoms with E-state index in [2.05, 4.69) is 12.6 Å². The fraction of sp³-hybridized carbons (Fsp3) is 0.438. The van der Waals surface area contributed by atoms with Crippen molar-refractivity contribution in [1.82, 2.24) is 0 Å². The fourth-order valence-electron chi connectivity index (χ4n) is 2.14. The number of carbonyl (C=O) groups is 1. The highest BCUT2D eigenvalue weighted by atomic mass is 35.5. The molecule has 0 amide bonds. The van der Waals surface area contributed by atoms with Gasteiger partial charge in [-0.25, -0.2) is 0 Å². The van der Waals surface area contributed by atoms with E-state index in [9.17, 15) is 4.79 Å². The Labute approximate surface area is 142 Å². The van der Waals surface area contributed by atoms with E-state index in [4.69, 9.17) is 20.9 Å². The molecule has 0 unspecified atom stereocenters. The Hall–Kier alpha value is -0.745. The van der Waals surface area contributed by atoms with Gasteiger partial charge in [0.25, 0.3) is 0 Å². The molecule has 0 atom stereocenters. The van der Waals surface area contributed by atoms with Crippen molar-refractivity contribution < 1.29 is 14.1 Å². The Morgan fingerprint density at radius 1 is 1.27 bits per heavy atom. The Morgan fingerprint density at radius 2 is 1.86 bits per heavy atom. The number of halogens is 1. The third kappa shape index (κ3) is 3.43. The Balaban J connectivity index is 2.31. The second kappa shape index (κ2) is 6.40. The average molecular weight is 339 g/mol. The lowest BCUT2D eigenvalue weighted by Crippen LogP contribution is -2.41. The first-order valence-corrected chi connectivity index (χ1v) is 8.13. The van der Waals surface area contributed by atoms with Crippen LogP contribution in [0.15, 0.2) is 23.7 Å². The van der Waals surface area contributed by atoms with Gasteiger partial charge in [0.05, 0.1) is 16.2 Å². The van der Waals surface area contributed by atoms with Crippen molar-refractivity contribution in [2.75, 3.05) is 5.75 Å². The van der Waals surface area contributed by atoms with Gasteiger partial charge < -0.3 is 9.31 Å². The molecule has 0 radical (unpaired) electrons. The molecule has 22 heavy (non-hydrogen) atoms. The molecular formula is C16H20BClO3S. The molecular weight excluding hydrogens is 319 g/mol. The summed E-state index contributed by atoms with van der Waals surface area (Å²) in [7, 11) is -0.446. The molecule has 0 spiro atoms. The predicted molar refractivity (Wildman–Crippen MR) is 94.8 cm³/mol. The Morgan fingerprint density at radius 3 is 2.36 bits per heavy atom. The van der Waals surface area contributed by atoms with Gasteiger partial charge in [-0.2, -0.15) is 12.6 Å². The standard InChI is InChI=1S/C16H20BClO3S/c1-15(2)16(3,4)21-17(20-15)13(10-22)8-11-5-6-14(18)12(7-11)9-19/h5-9,22H,10H2,1-4H3. The minimum Gasteiger partial charge on any atom is -0.400 e. The summed E-state index contributed by atoms with van der Waals surface area (Å²) in [4.78, 5) is 11.0. The van der Waals surface area contributed by atoms with Crippen molar-refractivity contribution in [1.29, 1.82) is 0 Å². The predicted octanol–water partition coefficient (Wildman–Crippen LogP) is 4.10. The molecule has 0 saturated carbocycles. The molecule has 118 valence electrons. The molecule has 6 heteroatoms. The van der Waals surface area contributed by atoms with E-state index >= 15 is 0 Å². The first-order chi connectivity index (χ1) is 10.2. The van der Waals surface area contributed by atoms with E-state index in [1.807, 2.05) is 39.8 Å². The van der Waals surface area contributed by atoms with Gasteiger partial charge in [-0.3, -0.25) is 4.79 Å². The Kier molecular flexibility index (Phi) is 5.12. The average Bonchev–Trinajstić information content (AvgIpc) is 2.66. The maximum Gasteiger partial charge on any atom is 0.491 e. The summed E-state index contributed by atoms with van der Waals surface area (Å²) in [6, 6.07) is 5.30. The van der Waals surface area contributed by atoms with Gasteiger partial charge in [-0.1, -0.05) is 23.7 Å². The molecule has 1 aromatic carbocycles. The number of carbonyl (C=O) groups excluding carboxylic acids is 1. The zero-order valence-corrected chi connectivity index (χ0v) is 14.9. The zero-order chi connectivity index (χ0) is 16.5. The van der Waals surface area contributed by atoms with Crippen LogP contribution < -0.4 is 0 Å². The molecule has 1 heterocycles. The van der Waals surface area contributed by atoms with Gasteiger partial charge in [-0.15, -0.1) is 0 Å². The zero-order valence-electron chi connectivity index (χ0n) is 13.2. The van der Waals surface area contributed by atoms with E-state index in [-0.39, 0.29) is 0 Å². The lowest BCUT2D eigenvalue weighted by molar-refractivity contribution is 0.00578. The molecule has 0 bridgehead atoms. The summed E-state index contributed by atoms with van der Waals surface area (Å²) in [5, 5.41) is 0.440. The minimum atomic E-state index is -0.446. The first kappa shape index (κ1) is 17.6. The van der Waals surface area contributed by atoms with Crippen LogP contribution in [0.4, 0.5) is 0 Å². The van der Waals surface area contributed by atoms with Crippen LogP contribution in [-0.2, 0) is 9.31 Å². The van der Waals surface area contributed by atoms with E-state index in [1.165, 1.54) is 0 Å². The number of hydrogen-bond acceptors (Lipinski definition) is 4. The molecule has 3 nitrogen and oxygen atoms in total. The van der Waals surface area contributed by atoms with Gasteiger partial charge in [-0.05, 0) is 50.9 Å². The third-order valence-corrected chi connectivity index (χ3v) is 4.95. The normalized spacial score (nSPS) is 20.3. The fourth-order valence-corrected chi connectivity index (χ4v) is 2.54. The summed E-state index contributed by atoms with van der Waals surface area (Å²) in [5.41, 5.74) is 1.44. The highest BCUT2D eigenvalue weighted by Crippen LogP contribution is 2.39. The number of hydrogen-bond donors (Lipinski definition) is 1. The van der Waals surface area contributed by atoms with Crippen LogP contribution in [-0.4, -0.2) is 30.4 Å². The van der Waals surface area contributed by atoms with Crippen molar-refractivity contribution >= 4 is 43.7 Å². The lowest BCUT2D eigenvalue weighted by atomic mass is 9.78. The van der Waals surface area contributed by atoms with Crippen LogP contribution in [0.3, 0.4) is 0 Å². The van der Waals surface area contributed by atoms with Gasteiger partial charge in [0.15, 0.2) is 6.29 Å². The van der Waals surface area contributed by atoms with Crippen LogP contribution in [0, 0.1) is 0 Å². The van der Waals surface area contributed by atoms with Gasteiger partial charge >= 0.3 is 7.12 Å². The molecule has 1 saturated heterocycles. The maximum absolute atomic E-state index is 11.0. The maximum atomic E-state index is 11.0. The summed E-state index contributed by atoms with van der Waals surface area (Å²) in [6.07, 6.45) is 2.67. The monoisotopic (exact) mass is 338 g/mol. The molecule has 1 aliphatic heterocycles. The van der Waals surface area contributed by atoms with Gasteiger partial charge in [0.1, 0.15) is 0 Å². The van der Waals surface area contributed by atoms with Crippen LogP contribution >= 0.6 is 24.2 Å².